The lowest BCUT2D eigenvalue weighted by Gasteiger charge is -2.29. The SMILES string of the molecule is C=C/C=C\c1ccc(C)c(N(c2ccccc2)c2ccc(-c3ccc(N(c4ccccc4)c4c(C)ccc5ccccc45)cc3)cc2)c1C. The van der Waals surface area contributed by atoms with Gasteiger partial charge in [-0.25, -0.2) is 0 Å². The van der Waals surface area contributed by atoms with Crippen LogP contribution in [0.3, 0.4) is 0 Å². The van der Waals surface area contributed by atoms with Gasteiger partial charge in [0.05, 0.1) is 11.4 Å². The third-order valence-electron chi connectivity index (χ3n) is 9.25. The topological polar surface area (TPSA) is 6.48 Å². The van der Waals surface area contributed by atoms with Gasteiger partial charge >= 0.3 is 0 Å². The number of para-hydroxylation sites is 2. The van der Waals surface area contributed by atoms with Crippen LogP contribution in [0.4, 0.5) is 34.1 Å². The maximum absolute atomic E-state index is 3.86. The van der Waals surface area contributed by atoms with Gasteiger partial charge in [-0.15, -0.1) is 0 Å². The Morgan fingerprint density at radius 1 is 0.449 bits per heavy atom. The van der Waals surface area contributed by atoms with Gasteiger partial charge in [0.15, 0.2) is 0 Å². The number of rotatable bonds is 9. The van der Waals surface area contributed by atoms with E-state index in [2.05, 4.69) is 201 Å². The molecule has 0 aromatic heterocycles. The van der Waals surface area contributed by atoms with Gasteiger partial charge in [-0.3, -0.25) is 0 Å². The Bertz CT molecular complexity index is 2250. The highest BCUT2D eigenvalue weighted by atomic mass is 15.2. The second kappa shape index (κ2) is 13.9. The van der Waals surface area contributed by atoms with Gasteiger partial charge < -0.3 is 9.80 Å². The van der Waals surface area contributed by atoms with E-state index in [1.807, 2.05) is 12.2 Å². The lowest BCUT2D eigenvalue weighted by Crippen LogP contribution is -2.13. The molecule has 7 aromatic rings. The van der Waals surface area contributed by atoms with E-state index in [0.717, 1.165) is 22.7 Å². The molecule has 0 bridgehead atoms. The van der Waals surface area contributed by atoms with E-state index in [-0.39, 0.29) is 0 Å². The zero-order chi connectivity index (χ0) is 33.7. The second-order valence-electron chi connectivity index (χ2n) is 12.4. The standard InChI is InChI=1S/C47H40N2/c1-5-6-15-37-24-22-34(2)46(36(37)4)48(41-17-9-7-10-18-41)43-30-26-38(27-31-43)39-28-32-44(33-29-39)49(42-19-11-8-12-20-42)47-35(3)23-25-40-16-13-14-21-45(40)47/h5-33H,1H2,2-4H3/b15-6-. The molecular formula is C47H40N2. The van der Waals surface area contributed by atoms with Gasteiger partial charge in [0.2, 0.25) is 0 Å². The first-order valence-corrected chi connectivity index (χ1v) is 16.8. The average Bonchev–Trinajstić information content (AvgIpc) is 3.15. The summed E-state index contributed by atoms with van der Waals surface area (Å²) in [6, 6.07) is 56.6. The molecule has 0 saturated carbocycles. The number of hydrogen-bond donors (Lipinski definition) is 0. The van der Waals surface area contributed by atoms with Crippen molar-refractivity contribution < 1.29 is 0 Å². The molecule has 49 heavy (non-hydrogen) atoms. The summed E-state index contributed by atoms with van der Waals surface area (Å²) in [5, 5.41) is 2.47. The molecule has 0 atom stereocenters. The number of fused-ring (bicyclic) bond motifs is 1. The summed E-state index contributed by atoms with van der Waals surface area (Å²) in [5.41, 5.74) is 14.1. The van der Waals surface area contributed by atoms with Crippen molar-refractivity contribution in [3.63, 3.8) is 0 Å². The molecule has 0 saturated heterocycles. The smallest absolute Gasteiger partial charge is 0.0569 e. The van der Waals surface area contributed by atoms with E-state index >= 15 is 0 Å². The molecule has 7 aromatic carbocycles. The fourth-order valence-corrected chi connectivity index (χ4v) is 6.78. The Kier molecular flexibility index (Phi) is 8.95. The van der Waals surface area contributed by atoms with Crippen molar-refractivity contribution in [2.45, 2.75) is 20.8 Å². The molecular weight excluding hydrogens is 593 g/mol. The fourth-order valence-electron chi connectivity index (χ4n) is 6.78. The van der Waals surface area contributed by atoms with Crippen LogP contribution in [0.15, 0.2) is 176 Å². The molecule has 238 valence electrons. The predicted octanol–water partition coefficient (Wildman–Crippen LogP) is 13.6. The van der Waals surface area contributed by atoms with Crippen molar-refractivity contribution in [1.29, 1.82) is 0 Å². The molecule has 0 unspecified atom stereocenters. The highest BCUT2D eigenvalue weighted by molar-refractivity contribution is 6.00. The Morgan fingerprint density at radius 2 is 0.918 bits per heavy atom. The van der Waals surface area contributed by atoms with Crippen molar-refractivity contribution in [1.82, 2.24) is 0 Å². The Morgan fingerprint density at radius 3 is 1.49 bits per heavy atom. The first-order valence-electron chi connectivity index (χ1n) is 16.8. The first-order chi connectivity index (χ1) is 24.0. The molecule has 2 nitrogen and oxygen atoms in total. The second-order valence-corrected chi connectivity index (χ2v) is 12.4. The number of aryl methyl sites for hydroxylation is 2. The summed E-state index contributed by atoms with van der Waals surface area (Å²) in [6.45, 7) is 10.5. The van der Waals surface area contributed by atoms with E-state index in [4.69, 9.17) is 0 Å². The van der Waals surface area contributed by atoms with Crippen molar-refractivity contribution in [2.24, 2.45) is 0 Å². The van der Waals surface area contributed by atoms with E-state index in [1.165, 1.54) is 55.5 Å². The average molecular weight is 633 g/mol. The molecule has 0 aliphatic carbocycles. The maximum atomic E-state index is 3.86. The number of allylic oxidation sites excluding steroid dienone is 2. The minimum Gasteiger partial charge on any atom is -0.310 e. The molecule has 7 rings (SSSR count). The maximum Gasteiger partial charge on any atom is 0.0569 e. The van der Waals surface area contributed by atoms with E-state index < -0.39 is 0 Å². The molecule has 2 heteroatoms. The monoisotopic (exact) mass is 632 g/mol. The summed E-state index contributed by atoms with van der Waals surface area (Å²) < 4.78 is 0. The highest BCUT2D eigenvalue weighted by Gasteiger charge is 2.20. The quantitative estimate of drug-likeness (QED) is 0.146. The minimum atomic E-state index is 1.12. The Balaban J connectivity index is 1.27. The molecule has 0 spiro atoms. The summed E-state index contributed by atoms with van der Waals surface area (Å²) in [4.78, 5) is 4.75. The highest BCUT2D eigenvalue weighted by Crippen LogP contribution is 2.43. The van der Waals surface area contributed by atoms with Crippen LogP contribution < -0.4 is 9.80 Å². The number of anilines is 6. The molecule has 0 N–H and O–H groups in total. The number of benzene rings is 7. The Hall–Kier alpha value is -6.12. The zero-order valence-electron chi connectivity index (χ0n) is 28.3. The minimum absolute atomic E-state index is 1.12. The molecule has 0 radical (unpaired) electrons. The van der Waals surface area contributed by atoms with Crippen LogP contribution in [0.2, 0.25) is 0 Å². The van der Waals surface area contributed by atoms with Crippen LogP contribution in [-0.2, 0) is 0 Å². The molecule has 0 fully saturated rings. The fraction of sp³-hybridized carbons (Fsp3) is 0.0638. The van der Waals surface area contributed by atoms with Crippen LogP contribution >= 0.6 is 0 Å². The largest absolute Gasteiger partial charge is 0.310 e. The van der Waals surface area contributed by atoms with Crippen LogP contribution in [-0.4, -0.2) is 0 Å². The van der Waals surface area contributed by atoms with E-state index in [9.17, 15) is 0 Å². The number of nitrogens with zero attached hydrogens (tertiary/aromatic N) is 2. The molecule has 0 aliphatic heterocycles. The Labute approximate surface area is 290 Å². The van der Waals surface area contributed by atoms with Crippen molar-refractivity contribution in [2.75, 3.05) is 9.80 Å². The van der Waals surface area contributed by atoms with Crippen molar-refractivity contribution in [3.05, 3.63) is 199 Å². The van der Waals surface area contributed by atoms with Crippen molar-refractivity contribution >= 4 is 51.0 Å². The lowest BCUT2D eigenvalue weighted by molar-refractivity contribution is 1.21. The van der Waals surface area contributed by atoms with E-state index in [1.54, 1.807) is 0 Å². The summed E-state index contributed by atoms with van der Waals surface area (Å²) in [6.07, 6.45) is 5.95. The van der Waals surface area contributed by atoms with Gasteiger partial charge in [-0.1, -0.05) is 134 Å². The van der Waals surface area contributed by atoms with E-state index in [0.29, 0.717) is 0 Å². The van der Waals surface area contributed by atoms with Gasteiger partial charge in [0.1, 0.15) is 0 Å². The normalized spacial score (nSPS) is 11.2. The van der Waals surface area contributed by atoms with Crippen LogP contribution in [0.25, 0.3) is 28.0 Å². The third kappa shape index (κ3) is 6.29. The van der Waals surface area contributed by atoms with Gasteiger partial charge in [0.25, 0.3) is 0 Å². The predicted molar refractivity (Wildman–Crippen MR) is 212 cm³/mol. The van der Waals surface area contributed by atoms with Gasteiger partial charge in [-0.2, -0.15) is 0 Å². The number of hydrogen-bond acceptors (Lipinski definition) is 2. The summed E-state index contributed by atoms with van der Waals surface area (Å²) >= 11 is 0. The first kappa shape index (κ1) is 31.5. The third-order valence-corrected chi connectivity index (χ3v) is 9.25. The summed E-state index contributed by atoms with van der Waals surface area (Å²) in [7, 11) is 0. The van der Waals surface area contributed by atoms with Crippen molar-refractivity contribution in [3.8, 4) is 11.1 Å². The molecule has 0 heterocycles. The van der Waals surface area contributed by atoms with Crippen LogP contribution in [0, 0.1) is 20.8 Å². The lowest BCUT2D eigenvalue weighted by atomic mass is 9.99. The molecule has 0 aliphatic rings. The van der Waals surface area contributed by atoms with Gasteiger partial charge in [0, 0.05) is 28.1 Å². The van der Waals surface area contributed by atoms with Gasteiger partial charge in [-0.05, 0) is 108 Å². The van der Waals surface area contributed by atoms with Crippen LogP contribution in [0.1, 0.15) is 22.3 Å². The zero-order valence-corrected chi connectivity index (χ0v) is 28.3. The summed E-state index contributed by atoms with van der Waals surface area (Å²) in [5.74, 6) is 0. The van der Waals surface area contributed by atoms with Crippen LogP contribution in [0.5, 0.6) is 0 Å². The molecule has 0 amide bonds.